The summed E-state index contributed by atoms with van der Waals surface area (Å²) in [5, 5.41) is 3.09. The normalized spacial score (nSPS) is 28.8. The molecular weight excluding hydrogens is 300 g/mol. The fourth-order valence-electron chi connectivity index (χ4n) is 4.38. The number of hydrogen-bond acceptors (Lipinski definition) is 2. The van der Waals surface area contributed by atoms with Crippen LogP contribution in [-0.4, -0.2) is 28.8 Å². The third-order valence-electron chi connectivity index (χ3n) is 5.84. The van der Waals surface area contributed by atoms with E-state index in [4.69, 9.17) is 0 Å². The maximum Gasteiger partial charge on any atom is 0.246 e. The molecule has 1 heterocycles. The Morgan fingerprint density at radius 3 is 2.29 bits per heavy atom. The predicted octanol–water partition coefficient (Wildman–Crippen LogP) is 2.87. The van der Waals surface area contributed by atoms with Crippen molar-refractivity contribution in [3.63, 3.8) is 0 Å². The molecule has 3 aliphatic rings. The Kier molecular flexibility index (Phi) is 4.30. The van der Waals surface area contributed by atoms with E-state index < -0.39 is 0 Å². The van der Waals surface area contributed by atoms with Gasteiger partial charge in [0.1, 0.15) is 12.1 Å². The average molecular weight is 326 g/mol. The van der Waals surface area contributed by atoms with E-state index in [0.29, 0.717) is 18.4 Å². The minimum atomic E-state index is -0.309. The molecule has 4 rings (SSSR count). The van der Waals surface area contributed by atoms with Crippen LogP contribution in [0.2, 0.25) is 0 Å². The first-order valence-corrected chi connectivity index (χ1v) is 9.39. The molecule has 1 N–H and O–H groups in total. The highest BCUT2D eigenvalue weighted by molar-refractivity contribution is 5.97. The summed E-state index contributed by atoms with van der Waals surface area (Å²) in [4.78, 5) is 27.9. The number of rotatable bonds is 4. The van der Waals surface area contributed by atoms with E-state index in [1.165, 1.54) is 19.3 Å². The number of amides is 2. The highest BCUT2D eigenvalue weighted by Crippen LogP contribution is 2.39. The first-order valence-electron chi connectivity index (χ1n) is 9.39. The first-order chi connectivity index (χ1) is 11.7. The van der Waals surface area contributed by atoms with Gasteiger partial charge in [-0.1, -0.05) is 49.6 Å². The minimum Gasteiger partial charge on any atom is -0.342 e. The number of nitrogens with zero attached hydrogens (tertiary/aromatic N) is 1. The van der Waals surface area contributed by atoms with Gasteiger partial charge in [0.2, 0.25) is 11.8 Å². The monoisotopic (exact) mass is 326 g/mol. The first kappa shape index (κ1) is 15.7. The van der Waals surface area contributed by atoms with Crippen LogP contribution in [0.25, 0.3) is 0 Å². The number of piperazine rings is 1. The fourth-order valence-corrected chi connectivity index (χ4v) is 4.38. The molecule has 2 amide bonds. The van der Waals surface area contributed by atoms with Crippen molar-refractivity contribution < 1.29 is 9.59 Å². The smallest absolute Gasteiger partial charge is 0.246 e. The van der Waals surface area contributed by atoms with Crippen LogP contribution in [0.3, 0.4) is 0 Å². The summed E-state index contributed by atoms with van der Waals surface area (Å²) in [6.07, 6.45) is 7.84. The quantitative estimate of drug-likeness (QED) is 0.925. The van der Waals surface area contributed by atoms with Crippen LogP contribution < -0.4 is 5.32 Å². The number of benzene rings is 1. The summed E-state index contributed by atoms with van der Waals surface area (Å²) in [5.74, 6) is 0.879. The molecule has 1 aromatic carbocycles. The Balaban J connectivity index is 1.58. The molecule has 2 unspecified atom stereocenters. The van der Waals surface area contributed by atoms with Gasteiger partial charge >= 0.3 is 0 Å². The van der Waals surface area contributed by atoms with E-state index in [1.54, 1.807) is 0 Å². The van der Waals surface area contributed by atoms with Crippen molar-refractivity contribution in [3.8, 4) is 0 Å². The molecule has 1 aliphatic heterocycles. The van der Waals surface area contributed by atoms with Gasteiger partial charge in [0.05, 0.1) is 0 Å². The van der Waals surface area contributed by atoms with E-state index in [9.17, 15) is 9.59 Å². The largest absolute Gasteiger partial charge is 0.342 e. The molecule has 2 atom stereocenters. The van der Waals surface area contributed by atoms with Gasteiger partial charge in [-0.3, -0.25) is 9.59 Å². The zero-order valence-electron chi connectivity index (χ0n) is 14.1. The summed E-state index contributed by atoms with van der Waals surface area (Å²) in [7, 11) is 0. The van der Waals surface area contributed by atoms with Crippen LogP contribution in [0.1, 0.15) is 50.5 Å². The summed E-state index contributed by atoms with van der Waals surface area (Å²) in [6, 6.07) is 9.48. The van der Waals surface area contributed by atoms with Crippen molar-refractivity contribution in [1.82, 2.24) is 10.2 Å². The predicted molar refractivity (Wildman–Crippen MR) is 92.0 cm³/mol. The van der Waals surface area contributed by atoms with Crippen LogP contribution in [-0.2, 0) is 16.1 Å². The Hall–Kier alpha value is -1.84. The van der Waals surface area contributed by atoms with Crippen molar-refractivity contribution >= 4 is 11.8 Å². The van der Waals surface area contributed by atoms with Gasteiger partial charge in [0.15, 0.2) is 0 Å². The van der Waals surface area contributed by atoms with Gasteiger partial charge in [-0.2, -0.15) is 0 Å². The van der Waals surface area contributed by atoms with Crippen molar-refractivity contribution in [2.75, 3.05) is 0 Å². The highest BCUT2D eigenvalue weighted by Gasteiger charge is 2.49. The molecule has 4 nitrogen and oxygen atoms in total. The summed E-state index contributed by atoms with van der Waals surface area (Å²) in [6.45, 7) is 0.553. The molecule has 2 aliphatic carbocycles. The molecule has 1 aromatic rings. The van der Waals surface area contributed by atoms with Crippen molar-refractivity contribution in [1.29, 1.82) is 0 Å². The topological polar surface area (TPSA) is 49.4 Å². The number of nitrogens with one attached hydrogen (secondary N) is 1. The lowest BCUT2D eigenvalue weighted by atomic mass is 9.82. The number of hydrogen-bond donors (Lipinski definition) is 1. The van der Waals surface area contributed by atoms with E-state index in [-0.39, 0.29) is 23.9 Å². The van der Waals surface area contributed by atoms with Crippen LogP contribution in [0.15, 0.2) is 30.3 Å². The van der Waals surface area contributed by atoms with Gasteiger partial charge < -0.3 is 10.2 Å². The standard InChI is InChI=1S/C20H26N2O2/c23-19-18(16-11-12-16)22(13-14-7-3-1-4-8-14)20(24)17(21-19)15-9-5-2-6-10-15/h1,3-4,7-8,15-18H,2,5-6,9-13H2,(H,21,23). The molecular formula is C20H26N2O2. The van der Waals surface area contributed by atoms with Crippen LogP contribution >= 0.6 is 0 Å². The Labute approximate surface area is 143 Å². The second-order valence-electron chi connectivity index (χ2n) is 7.62. The van der Waals surface area contributed by atoms with Crippen LogP contribution in [0.5, 0.6) is 0 Å². The molecule has 4 heteroatoms. The number of carbonyl (C=O) groups excluding carboxylic acids is 2. The zero-order valence-corrected chi connectivity index (χ0v) is 14.1. The van der Waals surface area contributed by atoms with Crippen molar-refractivity contribution in [2.45, 2.75) is 63.6 Å². The molecule has 0 radical (unpaired) electrons. The molecule has 128 valence electrons. The second-order valence-corrected chi connectivity index (χ2v) is 7.62. The fraction of sp³-hybridized carbons (Fsp3) is 0.600. The van der Waals surface area contributed by atoms with E-state index in [0.717, 1.165) is 31.2 Å². The summed E-state index contributed by atoms with van der Waals surface area (Å²) in [5.41, 5.74) is 1.11. The van der Waals surface area contributed by atoms with Gasteiger partial charge in [-0.25, -0.2) is 0 Å². The van der Waals surface area contributed by atoms with Gasteiger partial charge in [0, 0.05) is 6.54 Å². The molecule has 24 heavy (non-hydrogen) atoms. The Morgan fingerprint density at radius 2 is 1.62 bits per heavy atom. The molecule has 3 fully saturated rings. The maximum atomic E-state index is 13.2. The van der Waals surface area contributed by atoms with Crippen LogP contribution in [0.4, 0.5) is 0 Å². The van der Waals surface area contributed by atoms with Crippen molar-refractivity contribution in [2.24, 2.45) is 11.8 Å². The van der Waals surface area contributed by atoms with Crippen molar-refractivity contribution in [3.05, 3.63) is 35.9 Å². The molecule has 2 saturated carbocycles. The molecule has 0 spiro atoms. The zero-order chi connectivity index (χ0) is 16.5. The van der Waals surface area contributed by atoms with Crippen LogP contribution in [0, 0.1) is 11.8 Å². The molecule has 0 aromatic heterocycles. The van der Waals surface area contributed by atoms with E-state index in [1.807, 2.05) is 35.2 Å². The lowest BCUT2D eigenvalue weighted by molar-refractivity contribution is -0.153. The van der Waals surface area contributed by atoms with Gasteiger partial charge in [-0.05, 0) is 43.1 Å². The average Bonchev–Trinajstić information content (AvgIpc) is 3.44. The van der Waals surface area contributed by atoms with E-state index >= 15 is 0 Å². The summed E-state index contributed by atoms with van der Waals surface area (Å²) < 4.78 is 0. The minimum absolute atomic E-state index is 0.0728. The highest BCUT2D eigenvalue weighted by atomic mass is 16.2. The van der Waals surface area contributed by atoms with E-state index in [2.05, 4.69) is 5.32 Å². The third-order valence-corrected chi connectivity index (χ3v) is 5.84. The second kappa shape index (κ2) is 6.58. The molecule has 1 saturated heterocycles. The lowest BCUT2D eigenvalue weighted by Gasteiger charge is -2.42. The molecule has 0 bridgehead atoms. The number of carbonyl (C=O) groups is 2. The third kappa shape index (κ3) is 3.06. The maximum absolute atomic E-state index is 13.2. The Bertz CT molecular complexity index is 605. The van der Waals surface area contributed by atoms with Gasteiger partial charge in [0.25, 0.3) is 0 Å². The van der Waals surface area contributed by atoms with Gasteiger partial charge in [-0.15, -0.1) is 0 Å². The Morgan fingerprint density at radius 1 is 0.917 bits per heavy atom. The lowest BCUT2D eigenvalue weighted by Crippen LogP contribution is -2.65. The summed E-state index contributed by atoms with van der Waals surface area (Å²) >= 11 is 0. The SMILES string of the molecule is O=C1NC(C2CCCCC2)C(=O)N(Cc2ccccc2)C1C1CC1.